The smallest absolute Gasteiger partial charge is 0.0648 e. The number of hydrogen-bond acceptors (Lipinski definition) is 2. The summed E-state index contributed by atoms with van der Waals surface area (Å²) >= 11 is 0. The Kier molecular flexibility index (Phi) is 11.6. The second-order valence-electron chi connectivity index (χ2n) is 4.11. The Labute approximate surface area is 112 Å². The van der Waals surface area contributed by atoms with E-state index in [1.807, 2.05) is 12.2 Å². The summed E-state index contributed by atoms with van der Waals surface area (Å²) < 4.78 is 11.3. The SMILES string of the molecule is C=CCO[C@H](CC=C)CC[C@@H](CC=C)OCC=C. The van der Waals surface area contributed by atoms with Crippen LogP contribution in [0, 0.1) is 0 Å². The molecule has 0 saturated heterocycles. The van der Waals surface area contributed by atoms with E-state index >= 15 is 0 Å². The first-order valence-corrected chi connectivity index (χ1v) is 6.45. The fourth-order valence-corrected chi connectivity index (χ4v) is 1.69. The van der Waals surface area contributed by atoms with E-state index in [0.717, 1.165) is 25.7 Å². The van der Waals surface area contributed by atoms with Crippen molar-refractivity contribution in [3.63, 3.8) is 0 Å². The van der Waals surface area contributed by atoms with Crippen molar-refractivity contribution >= 4 is 0 Å². The molecule has 0 aromatic rings. The lowest BCUT2D eigenvalue weighted by atomic mass is 10.1. The zero-order chi connectivity index (χ0) is 13.6. The average molecular weight is 250 g/mol. The lowest BCUT2D eigenvalue weighted by molar-refractivity contribution is 0.0320. The Hall–Kier alpha value is -1.12. The van der Waals surface area contributed by atoms with Crippen molar-refractivity contribution in [2.45, 2.75) is 37.9 Å². The van der Waals surface area contributed by atoms with E-state index in [-0.39, 0.29) is 12.2 Å². The van der Waals surface area contributed by atoms with Gasteiger partial charge in [-0.3, -0.25) is 0 Å². The van der Waals surface area contributed by atoms with Gasteiger partial charge in [-0.1, -0.05) is 24.3 Å². The molecule has 0 aromatic carbocycles. The van der Waals surface area contributed by atoms with Gasteiger partial charge in [0.05, 0.1) is 25.4 Å². The maximum Gasteiger partial charge on any atom is 0.0648 e. The van der Waals surface area contributed by atoms with Crippen LogP contribution in [-0.2, 0) is 9.47 Å². The first kappa shape index (κ1) is 16.9. The molecule has 2 heteroatoms. The standard InChI is InChI=1S/C16H26O2/c1-5-9-15(17-13-7-3)11-12-16(10-6-2)18-14-8-4/h5-8,15-16H,1-4,9-14H2/t15-,16-/m1/s1. The molecule has 0 aliphatic heterocycles. The Bertz CT molecular complexity index is 219. The molecule has 0 saturated carbocycles. The predicted molar refractivity (Wildman–Crippen MR) is 78.7 cm³/mol. The van der Waals surface area contributed by atoms with Crippen molar-refractivity contribution < 1.29 is 9.47 Å². The first-order valence-electron chi connectivity index (χ1n) is 6.45. The number of ether oxygens (including phenoxy) is 2. The Morgan fingerprint density at radius 1 is 0.667 bits per heavy atom. The maximum absolute atomic E-state index is 5.67. The third-order valence-corrected chi connectivity index (χ3v) is 2.57. The summed E-state index contributed by atoms with van der Waals surface area (Å²) in [6.07, 6.45) is 11.3. The molecule has 2 atom stereocenters. The lowest BCUT2D eigenvalue weighted by Gasteiger charge is -2.20. The molecular weight excluding hydrogens is 224 g/mol. The van der Waals surface area contributed by atoms with E-state index in [2.05, 4.69) is 26.3 Å². The number of rotatable bonds is 13. The van der Waals surface area contributed by atoms with Crippen LogP contribution in [0.2, 0.25) is 0 Å². The van der Waals surface area contributed by atoms with Crippen LogP contribution in [0.4, 0.5) is 0 Å². The number of hydrogen-bond donors (Lipinski definition) is 0. The van der Waals surface area contributed by atoms with Crippen LogP contribution in [0.1, 0.15) is 25.7 Å². The predicted octanol–water partition coefficient (Wildman–Crippen LogP) is 4.06. The van der Waals surface area contributed by atoms with E-state index in [1.165, 1.54) is 0 Å². The third-order valence-electron chi connectivity index (χ3n) is 2.57. The second kappa shape index (κ2) is 12.3. The van der Waals surface area contributed by atoms with E-state index in [1.54, 1.807) is 12.2 Å². The molecule has 0 aromatic heterocycles. The van der Waals surface area contributed by atoms with Crippen molar-refractivity contribution in [3.8, 4) is 0 Å². The lowest BCUT2D eigenvalue weighted by Crippen LogP contribution is -2.18. The van der Waals surface area contributed by atoms with Crippen molar-refractivity contribution in [1.29, 1.82) is 0 Å². The van der Waals surface area contributed by atoms with Gasteiger partial charge in [0, 0.05) is 0 Å². The van der Waals surface area contributed by atoms with Gasteiger partial charge in [-0.25, -0.2) is 0 Å². The molecule has 0 aliphatic carbocycles. The molecule has 102 valence electrons. The largest absolute Gasteiger partial charge is 0.374 e. The highest BCUT2D eigenvalue weighted by atomic mass is 16.5. The fourth-order valence-electron chi connectivity index (χ4n) is 1.69. The summed E-state index contributed by atoms with van der Waals surface area (Å²) in [5, 5.41) is 0. The molecule has 0 aliphatic rings. The quantitative estimate of drug-likeness (QED) is 0.459. The van der Waals surface area contributed by atoms with Crippen molar-refractivity contribution in [2.75, 3.05) is 13.2 Å². The van der Waals surface area contributed by atoms with Crippen molar-refractivity contribution in [2.24, 2.45) is 0 Å². The molecule has 0 heterocycles. The first-order chi connectivity index (χ1) is 8.78. The molecule has 0 amide bonds. The van der Waals surface area contributed by atoms with Gasteiger partial charge in [0.15, 0.2) is 0 Å². The molecule has 0 N–H and O–H groups in total. The zero-order valence-electron chi connectivity index (χ0n) is 11.4. The van der Waals surface area contributed by atoms with E-state index in [4.69, 9.17) is 9.47 Å². The molecular formula is C16H26O2. The Morgan fingerprint density at radius 3 is 1.33 bits per heavy atom. The van der Waals surface area contributed by atoms with Gasteiger partial charge >= 0.3 is 0 Å². The van der Waals surface area contributed by atoms with Crippen molar-refractivity contribution in [3.05, 3.63) is 50.6 Å². The molecule has 18 heavy (non-hydrogen) atoms. The molecule has 0 fully saturated rings. The Balaban J connectivity index is 4.06. The normalized spacial score (nSPS) is 13.6. The van der Waals surface area contributed by atoms with Gasteiger partial charge in [-0.2, -0.15) is 0 Å². The summed E-state index contributed by atoms with van der Waals surface area (Å²) in [6.45, 7) is 16.0. The van der Waals surface area contributed by atoms with Gasteiger partial charge in [-0.05, 0) is 25.7 Å². The topological polar surface area (TPSA) is 18.5 Å². The fraction of sp³-hybridized carbons (Fsp3) is 0.500. The van der Waals surface area contributed by atoms with Gasteiger partial charge in [0.1, 0.15) is 0 Å². The van der Waals surface area contributed by atoms with E-state index in [0.29, 0.717) is 13.2 Å². The molecule has 0 spiro atoms. The van der Waals surface area contributed by atoms with E-state index in [9.17, 15) is 0 Å². The molecule has 0 radical (unpaired) electrons. The minimum atomic E-state index is 0.195. The van der Waals surface area contributed by atoms with Crippen LogP contribution in [0.15, 0.2) is 50.6 Å². The summed E-state index contributed by atoms with van der Waals surface area (Å²) in [5.41, 5.74) is 0. The molecule has 0 bridgehead atoms. The highest BCUT2D eigenvalue weighted by molar-refractivity contribution is 4.79. The molecule has 0 rings (SSSR count). The van der Waals surface area contributed by atoms with Crippen LogP contribution in [0.25, 0.3) is 0 Å². The monoisotopic (exact) mass is 250 g/mol. The third kappa shape index (κ3) is 8.97. The van der Waals surface area contributed by atoms with E-state index < -0.39 is 0 Å². The second-order valence-corrected chi connectivity index (χ2v) is 4.11. The van der Waals surface area contributed by atoms with Crippen LogP contribution >= 0.6 is 0 Å². The average Bonchev–Trinajstić information content (AvgIpc) is 2.38. The summed E-state index contributed by atoms with van der Waals surface area (Å²) in [4.78, 5) is 0. The minimum absolute atomic E-state index is 0.195. The maximum atomic E-state index is 5.67. The van der Waals surface area contributed by atoms with Crippen LogP contribution in [-0.4, -0.2) is 25.4 Å². The van der Waals surface area contributed by atoms with Gasteiger partial charge in [0.25, 0.3) is 0 Å². The highest BCUT2D eigenvalue weighted by Crippen LogP contribution is 2.14. The highest BCUT2D eigenvalue weighted by Gasteiger charge is 2.12. The van der Waals surface area contributed by atoms with Crippen molar-refractivity contribution in [1.82, 2.24) is 0 Å². The zero-order valence-corrected chi connectivity index (χ0v) is 11.4. The van der Waals surface area contributed by atoms with Crippen LogP contribution in [0.3, 0.4) is 0 Å². The van der Waals surface area contributed by atoms with Gasteiger partial charge in [0.2, 0.25) is 0 Å². The van der Waals surface area contributed by atoms with Crippen LogP contribution < -0.4 is 0 Å². The summed E-state index contributed by atoms with van der Waals surface area (Å²) in [6, 6.07) is 0. The molecule has 2 nitrogen and oxygen atoms in total. The summed E-state index contributed by atoms with van der Waals surface area (Å²) in [5.74, 6) is 0. The van der Waals surface area contributed by atoms with Crippen LogP contribution in [0.5, 0.6) is 0 Å². The minimum Gasteiger partial charge on any atom is -0.374 e. The van der Waals surface area contributed by atoms with Gasteiger partial charge < -0.3 is 9.47 Å². The Morgan fingerprint density at radius 2 is 1.06 bits per heavy atom. The molecule has 0 unspecified atom stereocenters. The summed E-state index contributed by atoms with van der Waals surface area (Å²) in [7, 11) is 0. The van der Waals surface area contributed by atoms with Gasteiger partial charge in [-0.15, -0.1) is 26.3 Å².